The average molecular weight is 407 g/mol. The third-order valence-electron chi connectivity index (χ3n) is 6.12. The number of urea groups is 1. The molecule has 2 saturated heterocycles. The summed E-state index contributed by atoms with van der Waals surface area (Å²) in [6, 6.07) is 12.4. The number of carbonyl (C=O) groups excluding carboxylic acids is 2. The van der Waals surface area contributed by atoms with Gasteiger partial charge in [0, 0.05) is 38.1 Å². The van der Waals surface area contributed by atoms with Crippen molar-refractivity contribution in [2.75, 3.05) is 26.7 Å². The van der Waals surface area contributed by atoms with Crippen LogP contribution in [0.15, 0.2) is 51.7 Å². The molecule has 154 valence electrons. The topological polar surface area (TPSA) is 92.1 Å². The maximum absolute atomic E-state index is 12.8. The Kier molecular flexibility index (Phi) is 3.99. The van der Waals surface area contributed by atoms with Crippen molar-refractivity contribution in [2.24, 2.45) is 0 Å². The van der Waals surface area contributed by atoms with E-state index in [1.165, 1.54) is 0 Å². The summed E-state index contributed by atoms with van der Waals surface area (Å²) in [7, 11) is 1.75. The first-order valence-corrected chi connectivity index (χ1v) is 9.81. The first kappa shape index (κ1) is 18.5. The lowest BCUT2D eigenvalue weighted by Crippen LogP contribution is -2.71. The second-order valence-electron chi connectivity index (χ2n) is 7.99. The van der Waals surface area contributed by atoms with E-state index in [-0.39, 0.29) is 17.5 Å². The quantitative estimate of drug-likeness (QED) is 0.529. The Morgan fingerprint density at radius 2 is 1.87 bits per heavy atom. The third kappa shape index (κ3) is 2.71. The van der Waals surface area contributed by atoms with Crippen molar-refractivity contribution in [1.29, 1.82) is 0 Å². The van der Waals surface area contributed by atoms with Gasteiger partial charge in [0.05, 0.1) is 10.9 Å². The van der Waals surface area contributed by atoms with Crippen molar-refractivity contribution in [2.45, 2.75) is 18.6 Å². The van der Waals surface area contributed by atoms with Gasteiger partial charge in [0.25, 0.3) is 5.91 Å². The Morgan fingerprint density at radius 3 is 2.57 bits per heavy atom. The molecule has 2 aliphatic heterocycles. The monoisotopic (exact) mass is 407 g/mol. The van der Waals surface area contributed by atoms with E-state index in [0.29, 0.717) is 36.4 Å². The van der Waals surface area contributed by atoms with Crippen molar-refractivity contribution in [3.63, 3.8) is 0 Å². The highest BCUT2D eigenvalue weighted by molar-refractivity contribution is 6.04. The van der Waals surface area contributed by atoms with Crippen LogP contribution in [0.4, 0.5) is 4.79 Å². The van der Waals surface area contributed by atoms with E-state index in [4.69, 9.17) is 9.15 Å². The molecule has 3 amide bonds. The molecule has 3 heterocycles. The lowest BCUT2D eigenvalue weighted by atomic mass is 9.89. The molecule has 1 atom stereocenters. The Labute approximate surface area is 172 Å². The van der Waals surface area contributed by atoms with Gasteiger partial charge in [0.2, 0.25) is 0 Å². The van der Waals surface area contributed by atoms with E-state index < -0.39 is 11.7 Å². The first-order valence-electron chi connectivity index (χ1n) is 9.81. The summed E-state index contributed by atoms with van der Waals surface area (Å²) in [6.45, 7) is 3.19. The van der Waals surface area contributed by atoms with Crippen LogP contribution in [0.5, 0.6) is 5.75 Å². The molecule has 8 nitrogen and oxygen atoms in total. The molecule has 1 spiro atoms. The average Bonchev–Trinajstić information content (AvgIpc) is 3.01. The fourth-order valence-electron chi connectivity index (χ4n) is 4.28. The van der Waals surface area contributed by atoms with E-state index in [9.17, 15) is 14.4 Å². The Hall–Kier alpha value is -3.55. The largest absolute Gasteiger partial charge is 0.481 e. The highest BCUT2D eigenvalue weighted by Gasteiger charge is 2.54. The van der Waals surface area contributed by atoms with Crippen molar-refractivity contribution in [3.8, 4) is 5.75 Å². The Balaban J connectivity index is 1.33. The van der Waals surface area contributed by atoms with E-state index in [2.05, 4.69) is 5.32 Å². The minimum Gasteiger partial charge on any atom is -0.481 e. The summed E-state index contributed by atoms with van der Waals surface area (Å²) in [5.74, 6) is 0.306. The molecule has 3 aromatic rings. The smallest absolute Gasteiger partial charge is 0.344 e. The number of amides is 3. The number of ether oxygens (including phenoxy) is 1. The first-order chi connectivity index (χ1) is 14.4. The number of fused-ring (bicyclic) bond motifs is 3. The van der Waals surface area contributed by atoms with Crippen LogP contribution in [0.1, 0.15) is 6.92 Å². The van der Waals surface area contributed by atoms with E-state index in [1.54, 1.807) is 48.0 Å². The molecule has 1 aromatic heterocycles. The fourth-order valence-corrected chi connectivity index (χ4v) is 4.28. The number of hydrogen-bond acceptors (Lipinski definition) is 5. The number of nitrogens with zero attached hydrogens (tertiary/aromatic N) is 2. The molecule has 8 heteroatoms. The maximum atomic E-state index is 12.8. The van der Waals surface area contributed by atoms with Gasteiger partial charge in [0.15, 0.2) is 6.10 Å². The van der Waals surface area contributed by atoms with Crippen LogP contribution in [0, 0.1) is 0 Å². The molecule has 0 saturated carbocycles. The number of likely N-dealkylation sites (tertiary alicyclic amines) is 1. The number of hydrogen-bond donors (Lipinski definition) is 1. The lowest BCUT2D eigenvalue weighted by Gasteiger charge is -2.50. The fraction of sp³-hybridized carbons (Fsp3) is 0.318. The summed E-state index contributed by atoms with van der Waals surface area (Å²) in [5, 5.41) is 4.96. The molecule has 0 radical (unpaired) electrons. The molecule has 30 heavy (non-hydrogen) atoms. The molecular formula is C22H21N3O5. The van der Waals surface area contributed by atoms with Crippen LogP contribution >= 0.6 is 0 Å². The van der Waals surface area contributed by atoms with Gasteiger partial charge >= 0.3 is 11.7 Å². The predicted octanol–water partition coefficient (Wildman–Crippen LogP) is 1.95. The number of rotatable bonds is 3. The number of benzene rings is 2. The van der Waals surface area contributed by atoms with Gasteiger partial charge in [-0.25, -0.2) is 9.59 Å². The molecule has 5 rings (SSSR count). The van der Waals surface area contributed by atoms with Crippen LogP contribution in [0.2, 0.25) is 0 Å². The normalized spacial score (nSPS) is 18.5. The summed E-state index contributed by atoms with van der Waals surface area (Å²) >= 11 is 0. The van der Waals surface area contributed by atoms with Gasteiger partial charge in [-0.05, 0) is 30.5 Å². The van der Waals surface area contributed by atoms with Crippen molar-refractivity contribution in [1.82, 2.24) is 15.1 Å². The molecule has 0 aliphatic carbocycles. The van der Waals surface area contributed by atoms with Gasteiger partial charge in [-0.3, -0.25) is 4.79 Å². The molecular weight excluding hydrogens is 386 g/mol. The Morgan fingerprint density at radius 1 is 1.13 bits per heavy atom. The van der Waals surface area contributed by atoms with Crippen molar-refractivity contribution < 1.29 is 18.7 Å². The zero-order valence-corrected chi connectivity index (χ0v) is 16.7. The standard InChI is InChI=1S/C22H21N3O5/c1-13(19(26)25-11-22(12-25)10-23-21(28)24(22)2)29-14-7-8-16-15-5-3-4-6-17(15)20(27)30-18(16)9-14/h3-9,13H,10-12H2,1-2H3,(H,23,28). The van der Waals surface area contributed by atoms with Gasteiger partial charge in [-0.1, -0.05) is 18.2 Å². The highest BCUT2D eigenvalue weighted by Crippen LogP contribution is 2.31. The lowest BCUT2D eigenvalue weighted by molar-refractivity contribution is -0.148. The zero-order chi connectivity index (χ0) is 21.0. The number of nitrogens with one attached hydrogen (secondary N) is 1. The Bertz CT molecular complexity index is 1240. The van der Waals surface area contributed by atoms with Gasteiger partial charge in [0.1, 0.15) is 11.3 Å². The second-order valence-corrected chi connectivity index (χ2v) is 7.99. The van der Waals surface area contributed by atoms with Gasteiger partial charge in [-0.2, -0.15) is 0 Å². The van der Waals surface area contributed by atoms with Crippen LogP contribution in [-0.2, 0) is 4.79 Å². The van der Waals surface area contributed by atoms with Crippen LogP contribution in [0.3, 0.4) is 0 Å². The SMILES string of the molecule is CC(Oc1ccc2c(c1)oc(=O)c1ccccc12)C(=O)N1CC2(CNC(=O)N2C)C1. The van der Waals surface area contributed by atoms with Gasteiger partial charge in [-0.15, -0.1) is 0 Å². The molecule has 1 unspecified atom stereocenters. The van der Waals surface area contributed by atoms with Crippen molar-refractivity contribution >= 4 is 33.7 Å². The van der Waals surface area contributed by atoms with Crippen LogP contribution in [0.25, 0.3) is 21.7 Å². The highest BCUT2D eigenvalue weighted by atomic mass is 16.5. The summed E-state index contributed by atoms with van der Waals surface area (Å²) < 4.78 is 11.3. The molecule has 2 aromatic carbocycles. The second kappa shape index (κ2) is 6.48. The van der Waals surface area contributed by atoms with E-state index >= 15 is 0 Å². The molecule has 2 fully saturated rings. The molecule has 0 bridgehead atoms. The maximum Gasteiger partial charge on any atom is 0.344 e. The van der Waals surface area contributed by atoms with E-state index in [0.717, 1.165) is 10.8 Å². The predicted molar refractivity (Wildman–Crippen MR) is 111 cm³/mol. The minimum absolute atomic E-state index is 0.114. The third-order valence-corrected chi connectivity index (χ3v) is 6.12. The summed E-state index contributed by atoms with van der Waals surface area (Å²) in [5.41, 5.74) is -0.315. The number of carbonyl (C=O) groups is 2. The summed E-state index contributed by atoms with van der Waals surface area (Å²) in [4.78, 5) is 40.1. The van der Waals surface area contributed by atoms with E-state index in [1.807, 2.05) is 18.2 Å². The minimum atomic E-state index is -0.706. The van der Waals surface area contributed by atoms with Crippen LogP contribution in [-0.4, -0.2) is 60.1 Å². The molecule has 1 N–H and O–H groups in total. The summed E-state index contributed by atoms with van der Waals surface area (Å²) in [6.07, 6.45) is -0.706. The molecule has 2 aliphatic rings. The van der Waals surface area contributed by atoms with Crippen LogP contribution < -0.4 is 15.7 Å². The number of likely N-dealkylation sites (N-methyl/N-ethyl adjacent to an activating group) is 1. The van der Waals surface area contributed by atoms with Crippen molar-refractivity contribution in [3.05, 3.63) is 52.9 Å². The van der Waals surface area contributed by atoms with Gasteiger partial charge < -0.3 is 24.3 Å². The zero-order valence-electron chi connectivity index (χ0n) is 16.7.